The van der Waals surface area contributed by atoms with Gasteiger partial charge in [0.1, 0.15) is 5.76 Å². The highest BCUT2D eigenvalue weighted by atomic mass is 32.2. The third-order valence-electron chi connectivity index (χ3n) is 4.57. The molecule has 2 heterocycles. The van der Waals surface area contributed by atoms with Crippen molar-refractivity contribution in [1.82, 2.24) is 14.9 Å². The Balaban J connectivity index is 1.60. The Bertz CT molecular complexity index is 1220. The van der Waals surface area contributed by atoms with Gasteiger partial charge in [0.15, 0.2) is 5.16 Å². The number of thioether (sulfide) groups is 1. The van der Waals surface area contributed by atoms with Crippen molar-refractivity contribution in [3.8, 4) is 0 Å². The van der Waals surface area contributed by atoms with E-state index in [1.165, 1.54) is 16.3 Å². The first-order valence-electron chi connectivity index (χ1n) is 8.89. The summed E-state index contributed by atoms with van der Waals surface area (Å²) in [6.07, 6.45) is 1.57. The number of furan rings is 1. The number of hydrogen-bond acceptors (Lipinski definition) is 5. The zero-order valence-corrected chi connectivity index (χ0v) is 16.3. The van der Waals surface area contributed by atoms with Gasteiger partial charge in [-0.2, -0.15) is 0 Å². The van der Waals surface area contributed by atoms with Crippen molar-refractivity contribution >= 4 is 39.3 Å². The van der Waals surface area contributed by atoms with Crippen LogP contribution in [0.25, 0.3) is 21.7 Å². The van der Waals surface area contributed by atoms with Crippen LogP contribution < -0.4 is 10.9 Å². The summed E-state index contributed by atoms with van der Waals surface area (Å²) >= 11 is 1.26. The molecule has 0 saturated carbocycles. The highest BCUT2D eigenvalue weighted by molar-refractivity contribution is 8.00. The predicted octanol–water partition coefficient (Wildman–Crippen LogP) is 3.48. The maximum Gasteiger partial charge on any atom is 0.261 e. The van der Waals surface area contributed by atoms with E-state index in [-0.39, 0.29) is 11.5 Å². The van der Waals surface area contributed by atoms with Gasteiger partial charge in [0, 0.05) is 7.05 Å². The van der Waals surface area contributed by atoms with E-state index in [2.05, 4.69) is 10.3 Å². The second-order valence-corrected chi connectivity index (χ2v) is 7.84. The van der Waals surface area contributed by atoms with Crippen LogP contribution >= 0.6 is 11.8 Å². The van der Waals surface area contributed by atoms with Crippen LogP contribution in [0.3, 0.4) is 0 Å². The molecule has 7 heteroatoms. The molecule has 0 aliphatic carbocycles. The summed E-state index contributed by atoms with van der Waals surface area (Å²) in [6.45, 7) is 2.12. The summed E-state index contributed by atoms with van der Waals surface area (Å²) in [4.78, 5) is 29.9. The van der Waals surface area contributed by atoms with Gasteiger partial charge in [-0.1, -0.05) is 36.0 Å². The lowest BCUT2D eigenvalue weighted by molar-refractivity contribution is -0.120. The minimum atomic E-state index is -0.411. The molecular formula is C21H19N3O3S. The molecule has 0 unspecified atom stereocenters. The van der Waals surface area contributed by atoms with Crippen molar-refractivity contribution < 1.29 is 9.21 Å². The Morgan fingerprint density at radius 2 is 1.96 bits per heavy atom. The summed E-state index contributed by atoms with van der Waals surface area (Å²) in [5.74, 6) is 0.544. The molecule has 4 rings (SSSR count). The van der Waals surface area contributed by atoms with Gasteiger partial charge in [-0.15, -0.1) is 0 Å². The molecule has 28 heavy (non-hydrogen) atoms. The van der Waals surface area contributed by atoms with Crippen molar-refractivity contribution in [2.24, 2.45) is 7.05 Å². The molecule has 0 aliphatic heterocycles. The van der Waals surface area contributed by atoms with E-state index in [0.717, 1.165) is 10.8 Å². The van der Waals surface area contributed by atoms with Crippen LogP contribution in [0.2, 0.25) is 0 Å². The first-order valence-corrected chi connectivity index (χ1v) is 9.77. The second-order valence-electron chi connectivity index (χ2n) is 6.53. The standard InChI is InChI=1S/C21H19N3O3S/c1-13(19(25)22-12-16-8-5-9-27-16)28-21-23-18-11-15-7-4-3-6-14(15)10-17(18)20(26)24(21)2/h3-11,13H,12H2,1-2H3,(H,22,25)/t13-/m1/s1. The minimum absolute atomic E-state index is 0.124. The van der Waals surface area contributed by atoms with Crippen molar-refractivity contribution in [1.29, 1.82) is 0 Å². The predicted molar refractivity (Wildman–Crippen MR) is 110 cm³/mol. The van der Waals surface area contributed by atoms with Crippen LogP contribution in [0.4, 0.5) is 0 Å². The number of amides is 1. The molecule has 142 valence electrons. The quantitative estimate of drug-likeness (QED) is 0.319. The maximum absolute atomic E-state index is 12.8. The Hall–Kier alpha value is -3.06. The SMILES string of the molecule is C[C@@H](Sc1nc2cc3ccccc3cc2c(=O)n1C)C(=O)NCc1ccco1. The lowest BCUT2D eigenvalue weighted by atomic mass is 10.1. The highest BCUT2D eigenvalue weighted by Gasteiger charge is 2.18. The molecule has 2 aromatic heterocycles. The van der Waals surface area contributed by atoms with E-state index in [1.807, 2.05) is 36.4 Å². The van der Waals surface area contributed by atoms with Crippen molar-refractivity contribution in [2.45, 2.75) is 23.9 Å². The zero-order chi connectivity index (χ0) is 19.7. The van der Waals surface area contributed by atoms with Gasteiger partial charge in [0.2, 0.25) is 5.91 Å². The summed E-state index contributed by atoms with van der Waals surface area (Å²) in [6, 6.07) is 15.2. The first kappa shape index (κ1) is 18.3. The average Bonchev–Trinajstić information content (AvgIpc) is 3.22. The molecule has 0 spiro atoms. The van der Waals surface area contributed by atoms with E-state index < -0.39 is 5.25 Å². The van der Waals surface area contributed by atoms with Crippen molar-refractivity contribution in [3.63, 3.8) is 0 Å². The van der Waals surface area contributed by atoms with E-state index in [9.17, 15) is 9.59 Å². The lowest BCUT2D eigenvalue weighted by Crippen LogP contribution is -2.31. The Kier molecular flexibility index (Phi) is 4.92. The third-order valence-corrected chi connectivity index (χ3v) is 5.71. The molecule has 0 radical (unpaired) electrons. The number of rotatable bonds is 5. The molecule has 1 N–H and O–H groups in total. The highest BCUT2D eigenvalue weighted by Crippen LogP contribution is 2.24. The fraction of sp³-hybridized carbons (Fsp3) is 0.190. The van der Waals surface area contributed by atoms with Crippen LogP contribution in [-0.4, -0.2) is 20.7 Å². The summed E-state index contributed by atoms with van der Waals surface area (Å²) in [5, 5.41) is 5.52. The Morgan fingerprint density at radius 1 is 1.21 bits per heavy atom. The van der Waals surface area contributed by atoms with E-state index in [0.29, 0.717) is 28.4 Å². The second kappa shape index (κ2) is 7.52. The molecule has 0 fully saturated rings. The third kappa shape index (κ3) is 3.53. The van der Waals surface area contributed by atoms with Crippen molar-refractivity contribution in [3.05, 3.63) is 70.9 Å². The largest absolute Gasteiger partial charge is 0.467 e. The number of fused-ring (bicyclic) bond motifs is 2. The summed E-state index contributed by atoms with van der Waals surface area (Å²) < 4.78 is 6.72. The van der Waals surface area contributed by atoms with Crippen LogP contribution in [0.15, 0.2) is 69.2 Å². The normalized spacial score (nSPS) is 12.4. The van der Waals surface area contributed by atoms with E-state index in [1.54, 1.807) is 32.4 Å². The monoisotopic (exact) mass is 393 g/mol. The zero-order valence-electron chi connectivity index (χ0n) is 15.5. The smallest absolute Gasteiger partial charge is 0.261 e. The molecule has 6 nitrogen and oxygen atoms in total. The number of benzene rings is 2. The van der Waals surface area contributed by atoms with Gasteiger partial charge in [-0.3, -0.25) is 14.2 Å². The van der Waals surface area contributed by atoms with Gasteiger partial charge in [-0.25, -0.2) is 4.98 Å². The average molecular weight is 393 g/mol. The van der Waals surface area contributed by atoms with E-state index in [4.69, 9.17) is 4.42 Å². The minimum Gasteiger partial charge on any atom is -0.467 e. The Morgan fingerprint density at radius 3 is 2.68 bits per heavy atom. The fourth-order valence-electron chi connectivity index (χ4n) is 2.99. The maximum atomic E-state index is 12.8. The number of carbonyl (C=O) groups excluding carboxylic acids is 1. The molecule has 1 amide bonds. The number of nitrogens with zero attached hydrogens (tertiary/aromatic N) is 2. The van der Waals surface area contributed by atoms with Crippen LogP contribution in [-0.2, 0) is 18.4 Å². The number of nitrogens with one attached hydrogen (secondary N) is 1. The van der Waals surface area contributed by atoms with Gasteiger partial charge in [0.25, 0.3) is 5.56 Å². The van der Waals surface area contributed by atoms with Crippen LogP contribution in [0, 0.1) is 0 Å². The molecule has 1 atom stereocenters. The topological polar surface area (TPSA) is 77.1 Å². The fourth-order valence-corrected chi connectivity index (χ4v) is 3.88. The molecule has 0 aliphatic rings. The molecular weight excluding hydrogens is 374 g/mol. The van der Waals surface area contributed by atoms with Gasteiger partial charge < -0.3 is 9.73 Å². The van der Waals surface area contributed by atoms with Gasteiger partial charge >= 0.3 is 0 Å². The van der Waals surface area contributed by atoms with Crippen LogP contribution in [0.1, 0.15) is 12.7 Å². The Labute approximate surface area is 165 Å². The number of hydrogen-bond donors (Lipinski definition) is 1. The number of carbonyl (C=O) groups is 1. The van der Waals surface area contributed by atoms with Crippen molar-refractivity contribution in [2.75, 3.05) is 0 Å². The summed E-state index contributed by atoms with van der Waals surface area (Å²) in [5.41, 5.74) is 0.508. The lowest BCUT2D eigenvalue weighted by Gasteiger charge is -2.14. The molecule has 2 aromatic carbocycles. The van der Waals surface area contributed by atoms with Gasteiger partial charge in [-0.05, 0) is 42.0 Å². The number of aromatic nitrogens is 2. The van der Waals surface area contributed by atoms with E-state index >= 15 is 0 Å². The van der Waals surface area contributed by atoms with Crippen LogP contribution in [0.5, 0.6) is 0 Å². The molecule has 0 saturated heterocycles. The molecule has 0 bridgehead atoms. The summed E-state index contributed by atoms with van der Waals surface area (Å²) in [7, 11) is 1.68. The molecule has 4 aromatic rings. The first-order chi connectivity index (χ1) is 13.5. The van der Waals surface area contributed by atoms with Gasteiger partial charge in [0.05, 0.1) is 29.0 Å².